The lowest BCUT2D eigenvalue weighted by molar-refractivity contribution is 0.163. The Balaban J connectivity index is 3.09. The normalized spacial score (nSPS) is 11.9. The zero-order valence-corrected chi connectivity index (χ0v) is 7.26. The molecule has 0 aliphatic heterocycles. The largest absolute Gasteiger partial charge is 0.381 e. The zero-order valence-electron chi connectivity index (χ0n) is 7.26. The second kappa shape index (κ2) is 7.59. The summed E-state index contributed by atoms with van der Waals surface area (Å²) in [6.45, 7) is 4.96. The second-order valence-corrected chi connectivity index (χ2v) is 2.40. The smallest absolute Gasteiger partial charge is 0.112 e. The van der Waals surface area contributed by atoms with Crippen molar-refractivity contribution in [3.8, 4) is 11.8 Å². The fourth-order valence-electron chi connectivity index (χ4n) is 0.559. The van der Waals surface area contributed by atoms with E-state index >= 15 is 0 Å². The van der Waals surface area contributed by atoms with Gasteiger partial charge in [-0.3, -0.25) is 0 Å². The van der Waals surface area contributed by atoms with Gasteiger partial charge in [0.2, 0.25) is 0 Å². The average Bonchev–Trinajstić information content (AvgIpc) is 1.96. The lowest BCUT2D eigenvalue weighted by Gasteiger charge is -1.95. The highest BCUT2D eigenvalue weighted by atomic mass is 16.5. The monoisotopic (exact) mass is 156 g/mol. The van der Waals surface area contributed by atoms with Crippen LogP contribution in [-0.2, 0) is 4.74 Å². The van der Waals surface area contributed by atoms with Gasteiger partial charge in [-0.25, -0.2) is 0 Å². The van der Waals surface area contributed by atoms with Gasteiger partial charge in [0.1, 0.15) is 12.7 Å². The molecule has 0 aliphatic rings. The molecule has 0 unspecified atom stereocenters. The minimum atomic E-state index is -0.537. The first-order chi connectivity index (χ1) is 5.27. The number of hydrogen-bond acceptors (Lipinski definition) is 2. The summed E-state index contributed by atoms with van der Waals surface area (Å²) >= 11 is 0. The van der Waals surface area contributed by atoms with Crippen molar-refractivity contribution in [2.75, 3.05) is 13.2 Å². The van der Waals surface area contributed by atoms with Crippen LogP contribution in [0.25, 0.3) is 0 Å². The lowest BCUT2D eigenvalue weighted by Crippen LogP contribution is -1.97. The molecule has 64 valence electrons. The Morgan fingerprint density at radius 3 is 2.82 bits per heavy atom. The first kappa shape index (κ1) is 10.5. The second-order valence-electron chi connectivity index (χ2n) is 2.40. The summed E-state index contributed by atoms with van der Waals surface area (Å²) < 4.78 is 5.14. The van der Waals surface area contributed by atoms with Crippen LogP contribution >= 0.6 is 0 Å². The van der Waals surface area contributed by atoms with Gasteiger partial charge < -0.3 is 9.84 Å². The van der Waals surface area contributed by atoms with E-state index in [1.54, 1.807) is 6.92 Å². The standard InChI is InChI=1S/C9H16O2/c1-3-4-7-11-8-5-6-9(2)10/h9-10H,3-4,7-8H2,1-2H3/t9-/m0/s1. The first-order valence-corrected chi connectivity index (χ1v) is 4.01. The van der Waals surface area contributed by atoms with Crippen molar-refractivity contribution in [2.24, 2.45) is 0 Å². The average molecular weight is 156 g/mol. The zero-order chi connectivity index (χ0) is 8.53. The van der Waals surface area contributed by atoms with E-state index in [-0.39, 0.29) is 0 Å². The van der Waals surface area contributed by atoms with Gasteiger partial charge in [-0.05, 0) is 13.3 Å². The fraction of sp³-hybridized carbons (Fsp3) is 0.778. The molecule has 0 radical (unpaired) electrons. The molecule has 2 nitrogen and oxygen atoms in total. The van der Waals surface area contributed by atoms with Crippen LogP contribution in [0.3, 0.4) is 0 Å². The number of aliphatic hydroxyl groups excluding tert-OH is 1. The molecule has 0 heterocycles. The summed E-state index contributed by atoms with van der Waals surface area (Å²) in [6, 6.07) is 0. The van der Waals surface area contributed by atoms with Crippen LogP contribution in [0.15, 0.2) is 0 Å². The third kappa shape index (κ3) is 9.48. The topological polar surface area (TPSA) is 29.5 Å². The van der Waals surface area contributed by atoms with Gasteiger partial charge in [-0.15, -0.1) is 0 Å². The van der Waals surface area contributed by atoms with E-state index in [0.29, 0.717) is 6.61 Å². The number of aliphatic hydroxyl groups is 1. The van der Waals surface area contributed by atoms with Gasteiger partial charge in [-0.1, -0.05) is 25.2 Å². The van der Waals surface area contributed by atoms with Crippen molar-refractivity contribution < 1.29 is 9.84 Å². The summed E-state index contributed by atoms with van der Waals surface area (Å²) in [5.41, 5.74) is 0. The lowest BCUT2D eigenvalue weighted by atomic mass is 10.4. The molecular formula is C9H16O2. The molecule has 0 amide bonds. The summed E-state index contributed by atoms with van der Waals surface area (Å²) in [5.74, 6) is 5.32. The molecule has 1 N–H and O–H groups in total. The van der Waals surface area contributed by atoms with Gasteiger partial charge in [0, 0.05) is 6.61 Å². The maximum atomic E-state index is 8.73. The Morgan fingerprint density at radius 2 is 2.27 bits per heavy atom. The van der Waals surface area contributed by atoms with E-state index in [1.807, 2.05) is 0 Å². The molecule has 0 aliphatic carbocycles. The molecule has 0 fully saturated rings. The van der Waals surface area contributed by atoms with Crippen molar-refractivity contribution in [1.82, 2.24) is 0 Å². The van der Waals surface area contributed by atoms with Crippen LogP contribution < -0.4 is 0 Å². The minimum absolute atomic E-state index is 0.435. The molecule has 0 aromatic rings. The Kier molecular flexibility index (Phi) is 7.23. The summed E-state index contributed by atoms with van der Waals surface area (Å²) in [7, 11) is 0. The van der Waals surface area contributed by atoms with Crippen molar-refractivity contribution in [2.45, 2.75) is 32.8 Å². The van der Waals surface area contributed by atoms with E-state index in [4.69, 9.17) is 9.84 Å². The third-order valence-electron chi connectivity index (χ3n) is 1.13. The molecule has 0 aromatic heterocycles. The van der Waals surface area contributed by atoms with Crippen LogP contribution in [0, 0.1) is 11.8 Å². The summed E-state index contributed by atoms with van der Waals surface area (Å²) in [6.07, 6.45) is 1.69. The van der Waals surface area contributed by atoms with Crippen LogP contribution in [-0.4, -0.2) is 24.4 Å². The molecule has 1 atom stereocenters. The van der Waals surface area contributed by atoms with Gasteiger partial charge >= 0.3 is 0 Å². The molecule has 0 saturated carbocycles. The van der Waals surface area contributed by atoms with Crippen LogP contribution in [0.4, 0.5) is 0 Å². The van der Waals surface area contributed by atoms with E-state index in [9.17, 15) is 0 Å². The number of ether oxygens (including phenoxy) is 1. The SMILES string of the molecule is CCCCOCC#C[C@H](C)O. The van der Waals surface area contributed by atoms with Crippen LogP contribution in [0.1, 0.15) is 26.7 Å². The van der Waals surface area contributed by atoms with Crippen molar-refractivity contribution in [3.63, 3.8) is 0 Å². The van der Waals surface area contributed by atoms with Crippen molar-refractivity contribution >= 4 is 0 Å². The Bertz CT molecular complexity index is 130. The molecule has 2 heteroatoms. The molecule has 0 aromatic carbocycles. The summed E-state index contributed by atoms with van der Waals surface area (Å²) in [4.78, 5) is 0. The maximum absolute atomic E-state index is 8.73. The Hall–Kier alpha value is -0.520. The molecule has 0 bridgehead atoms. The predicted octanol–water partition coefficient (Wildman–Crippen LogP) is 1.19. The van der Waals surface area contributed by atoms with Crippen molar-refractivity contribution in [1.29, 1.82) is 0 Å². The Morgan fingerprint density at radius 1 is 1.55 bits per heavy atom. The molecule has 0 rings (SSSR count). The van der Waals surface area contributed by atoms with Gasteiger partial charge in [0.25, 0.3) is 0 Å². The highest BCUT2D eigenvalue weighted by Gasteiger charge is 1.84. The molecule has 11 heavy (non-hydrogen) atoms. The van der Waals surface area contributed by atoms with Crippen molar-refractivity contribution in [3.05, 3.63) is 0 Å². The fourth-order valence-corrected chi connectivity index (χ4v) is 0.559. The third-order valence-corrected chi connectivity index (χ3v) is 1.13. The quantitative estimate of drug-likeness (QED) is 0.489. The van der Waals surface area contributed by atoms with Gasteiger partial charge in [0.05, 0.1) is 0 Å². The molecular weight excluding hydrogens is 140 g/mol. The predicted molar refractivity (Wildman–Crippen MR) is 45.2 cm³/mol. The Labute approximate surface area is 68.6 Å². The number of unbranched alkanes of at least 4 members (excludes halogenated alkanes) is 1. The maximum Gasteiger partial charge on any atom is 0.112 e. The van der Waals surface area contributed by atoms with E-state index in [2.05, 4.69) is 18.8 Å². The molecule has 0 spiro atoms. The number of rotatable bonds is 4. The molecule has 0 saturated heterocycles. The van der Waals surface area contributed by atoms with E-state index in [0.717, 1.165) is 19.4 Å². The first-order valence-electron chi connectivity index (χ1n) is 4.01. The van der Waals surface area contributed by atoms with E-state index < -0.39 is 6.10 Å². The van der Waals surface area contributed by atoms with Gasteiger partial charge in [-0.2, -0.15) is 0 Å². The van der Waals surface area contributed by atoms with Crippen LogP contribution in [0.5, 0.6) is 0 Å². The van der Waals surface area contributed by atoms with E-state index in [1.165, 1.54) is 0 Å². The highest BCUT2D eigenvalue weighted by Crippen LogP contribution is 1.86. The van der Waals surface area contributed by atoms with Crippen LogP contribution in [0.2, 0.25) is 0 Å². The number of hydrogen-bond donors (Lipinski definition) is 1. The minimum Gasteiger partial charge on any atom is -0.381 e. The highest BCUT2D eigenvalue weighted by molar-refractivity contribution is 5.03. The van der Waals surface area contributed by atoms with Gasteiger partial charge in [0.15, 0.2) is 0 Å². The summed E-state index contributed by atoms with van der Waals surface area (Å²) in [5, 5.41) is 8.73.